The molecule has 4 aromatic rings. The first-order valence-electron chi connectivity index (χ1n) is 13.1. The number of benzene rings is 2. The fraction of sp³-hybridized carbons (Fsp3) is 0.152. The molecular weight excluding hydrogens is 484 g/mol. The summed E-state index contributed by atoms with van der Waals surface area (Å²) in [7, 11) is 0. The Hall–Kier alpha value is -4.84. The molecule has 0 spiro atoms. The second kappa shape index (κ2) is 12.6. The SMILES string of the molecule is O=C(C=CC=Cc1cccc2cccnc12)N1CCCN(C(=O)C=CC=Cc2cccc3cccnc23)CC1. The molecule has 3 heterocycles. The van der Waals surface area contributed by atoms with Crippen molar-refractivity contribution in [3.8, 4) is 0 Å². The highest BCUT2D eigenvalue weighted by atomic mass is 16.2. The molecule has 0 bridgehead atoms. The number of rotatable bonds is 6. The van der Waals surface area contributed by atoms with Gasteiger partial charge < -0.3 is 9.80 Å². The van der Waals surface area contributed by atoms with Crippen LogP contribution in [0, 0.1) is 0 Å². The predicted molar refractivity (Wildman–Crippen MR) is 158 cm³/mol. The molecule has 0 saturated carbocycles. The highest BCUT2D eigenvalue weighted by Gasteiger charge is 2.19. The number of para-hydroxylation sites is 2. The van der Waals surface area contributed by atoms with Crippen LogP contribution in [0.15, 0.2) is 110 Å². The molecule has 194 valence electrons. The minimum absolute atomic E-state index is 0.0489. The van der Waals surface area contributed by atoms with Crippen LogP contribution in [0.3, 0.4) is 0 Å². The van der Waals surface area contributed by atoms with Gasteiger partial charge in [0, 0.05) is 72.6 Å². The molecule has 6 heteroatoms. The highest BCUT2D eigenvalue weighted by Crippen LogP contribution is 2.18. The lowest BCUT2D eigenvalue weighted by Crippen LogP contribution is -2.36. The van der Waals surface area contributed by atoms with Gasteiger partial charge in [0.05, 0.1) is 11.0 Å². The molecule has 2 aromatic heterocycles. The van der Waals surface area contributed by atoms with Crippen LogP contribution in [0.4, 0.5) is 0 Å². The van der Waals surface area contributed by atoms with Gasteiger partial charge in [0.2, 0.25) is 11.8 Å². The lowest BCUT2D eigenvalue weighted by molar-refractivity contribution is -0.128. The Kier molecular flexibility index (Phi) is 8.34. The molecule has 2 amide bonds. The average Bonchev–Trinajstić information content (AvgIpc) is 3.24. The third-order valence-electron chi connectivity index (χ3n) is 6.70. The van der Waals surface area contributed by atoms with E-state index < -0.39 is 0 Å². The molecule has 0 unspecified atom stereocenters. The van der Waals surface area contributed by atoms with Gasteiger partial charge in [-0.1, -0.05) is 85.0 Å². The molecule has 0 N–H and O–H groups in total. The maximum absolute atomic E-state index is 12.8. The number of carbonyl (C=O) groups is 2. The predicted octanol–water partition coefficient (Wildman–Crippen LogP) is 5.68. The number of allylic oxidation sites excluding steroid dienone is 4. The fourth-order valence-corrected chi connectivity index (χ4v) is 4.69. The molecule has 0 radical (unpaired) electrons. The van der Waals surface area contributed by atoms with Crippen molar-refractivity contribution in [1.29, 1.82) is 0 Å². The summed E-state index contributed by atoms with van der Waals surface area (Å²) in [5, 5.41) is 2.16. The highest BCUT2D eigenvalue weighted by molar-refractivity contribution is 5.91. The van der Waals surface area contributed by atoms with E-state index in [1.54, 1.807) is 46.5 Å². The molecular formula is C33H30N4O2. The standard InChI is InChI=1S/C33H30N4O2/c38-30(18-3-1-10-26-12-5-14-28-16-7-20-34-32(26)28)36-22-9-23-37(25-24-36)31(39)19-4-2-11-27-13-6-15-29-17-8-21-35-33(27)29/h1-8,10-21H,9,22-25H2. The Morgan fingerprint density at radius 2 is 1.05 bits per heavy atom. The van der Waals surface area contributed by atoms with Gasteiger partial charge in [-0.15, -0.1) is 0 Å². The van der Waals surface area contributed by atoms with Crippen molar-refractivity contribution in [3.05, 3.63) is 121 Å². The Morgan fingerprint density at radius 3 is 1.54 bits per heavy atom. The second-order valence-corrected chi connectivity index (χ2v) is 9.29. The smallest absolute Gasteiger partial charge is 0.246 e. The van der Waals surface area contributed by atoms with Crippen LogP contribution in [-0.2, 0) is 9.59 Å². The van der Waals surface area contributed by atoms with E-state index in [-0.39, 0.29) is 11.8 Å². The van der Waals surface area contributed by atoms with E-state index in [4.69, 9.17) is 0 Å². The molecule has 1 fully saturated rings. The zero-order valence-corrected chi connectivity index (χ0v) is 21.7. The normalized spacial score (nSPS) is 14.9. The maximum Gasteiger partial charge on any atom is 0.246 e. The van der Waals surface area contributed by atoms with Gasteiger partial charge in [-0.05, 0) is 18.6 Å². The molecule has 6 nitrogen and oxygen atoms in total. The first-order valence-corrected chi connectivity index (χ1v) is 13.1. The molecule has 39 heavy (non-hydrogen) atoms. The Morgan fingerprint density at radius 1 is 0.590 bits per heavy atom. The Bertz CT molecular complexity index is 1470. The lowest BCUT2D eigenvalue weighted by atomic mass is 10.1. The van der Waals surface area contributed by atoms with Crippen molar-refractivity contribution in [2.24, 2.45) is 0 Å². The maximum atomic E-state index is 12.8. The van der Waals surface area contributed by atoms with E-state index in [1.165, 1.54) is 0 Å². The van der Waals surface area contributed by atoms with Gasteiger partial charge in [-0.3, -0.25) is 19.6 Å². The van der Waals surface area contributed by atoms with Crippen LogP contribution in [-0.4, -0.2) is 57.8 Å². The van der Waals surface area contributed by atoms with Crippen molar-refractivity contribution in [1.82, 2.24) is 19.8 Å². The van der Waals surface area contributed by atoms with E-state index in [9.17, 15) is 9.59 Å². The summed E-state index contributed by atoms with van der Waals surface area (Å²) in [6, 6.07) is 20.0. The first-order chi connectivity index (χ1) is 19.2. The van der Waals surface area contributed by atoms with E-state index in [0.717, 1.165) is 39.4 Å². The number of amides is 2. The van der Waals surface area contributed by atoms with Crippen LogP contribution in [0.1, 0.15) is 17.5 Å². The van der Waals surface area contributed by atoms with Crippen LogP contribution in [0.5, 0.6) is 0 Å². The van der Waals surface area contributed by atoms with E-state index in [1.807, 2.05) is 85.0 Å². The number of pyridine rings is 2. The van der Waals surface area contributed by atoms with Crippen LogP contribution in [0.2, 0.25) is 0 Å². The van der Waals surface area contributed by atoms with Gasteiger partial charge in [-0.2, -0.15) is 0 Å². The zero-order valence-electron chi connectivity index (χ0n) is 21.7. The first kappa shape index (κ1) is 25.8. The Balaban J connectivity index is 1.13. The summed E-state index contributed by atoms with van der Waals surface area (Å²) in [6.07, 6.45) is 18.6. The van der Waals surface area contributed by atoms with Gasteiger partial charge in [0.25, 0.3) is 0 Å². The van der Waals surface area contributed by atoms with Crippen LogP contribution < -0.4 is 0 Å². The largest absolute Gasteiger partial charge is 0.337 e. The third kappa shape index (κ3) is 6.54. The molecule has 5 rings (SSSR count). The van der Waals surface area contributed by atoms with Gasteiger partial charge in [-0.25, -0.2) is 0 Å². The molecule has 0 atom stereocenters. The van der Waals surface area contributed by atoms with Crippen LogP contribution in [0.25, 0.3) is 34.0 Å². The number of carbonyl (C=O) groups excluding carboxylic acids is 2. The summed E-state index contributed by atoms with van der Waals surface area (Å²) < 4.78 is 0. The molecule has 1 saturated heterocycles. The van der Waals surface area contributed by atoms with Crippen molar-refractivity contribution >= 4 is 45.8 Å². The molecule has 1 aliphatic rings. The quantitative estimate of drug-likeness (QED) is 0.245. The van der Waals surface area contributed by atoms with E-state index >= 15 is 0 Å². The summed E-state index contributed by atoms with van der Waals surface area (Å²) >= 11 is 0. The number of aromatic nitrogens is 2. The van der Waals surface area contributed by atoms with Crippen molar-refractivity contribution in [3.63, 3.8) is 0 Å². The lowest BCUT2D eigenvalue weighted by Gasteiger charge is -2.20. The molecule has 2 aromatic carbocycles. The number of hydrogen-bond donors (Lipinski definition) is 0. The fourth-order valence-electron chi connectivity index (χ4n) is 4.69. The topological polar surface area (TPSA) is 66.4 Å². The second-order valence-electron chi connectivity index (χ2n) is 9.29. The number of fused-ring (bicyclic) bond motifs is 2. The molecule has 0 aliphatic carbocycles. The summed E-state index contributed by atoms with van der Waals surface area (Å²) in [5.74, 6) is -0.0978. The third-order valence-corrected chi connectivity index (χ3v) is 6.70. The number of nitrogens with zero attached hydrogens (tertiary/aromatic N) is 4. The summed E-state index contributed by atoms with van der Waals surface area (Å²) in [4.78, 5) is 38.0. The van der Waals surface area contributed by atoms with E-state index in [0.29, 0.717) is 26.2 Å². The van der Waals surface area contributed by atoms with Crippen LogP contribution >= 0.6 is 0 Å². The van der Waals surface area contributed by atoms with Gasteiger partial charge >= 0.3 is 0 Å². The Labute approximate surface area is 228 Å². The van der Waals surface area contributed by atoms with Crippen molar-refractivity contribution in [2.75, 3.05) is 26.2 Å². The monoisotopic (exact) mass is 514 g/mol. The van der Waals surface area contributed by atoms with Gasteiger partial charge in [0.15, 0.2) is 0 Å². The van der Waals surface area contributed by atoms with Crippen molar-refractivity contribution in [2.45, 2.75) is 6.42 Å². The van der Waals surface area contributed by atoms with Crippen molar-refractivity contribution < 1.29 is 9.59 Å². The number of hydrogen-bond acceptors (Lipinski definition) is 4. The van der Waals surface area contributed by atoms with E-state index in [2.05, 4.69) is 9.97 Å². The summed E-state index contributed by atoms with van der Waals surface area (Å²) in [5.41, 5.74) is 3.88. The van der Waals surface area contributed by atoms with Gasteiger partial charge in [0.1, 0.15) is 0 Å². The minimum Gasteiger partial charge on any atom is -0.337 e. The molecule has 1 aliphatic heterocycles. The summed E-state index contributed by atoms with van der Waals surface area (Å²) in [6.45, 7) is 2.28. The average molecular weight is 515 g/mol. The minimum atomic E-state index is -0.0489. The zero-order chi connectivity index (χ0) is 26.9.